The standard InChI is InChI=1S/C18H28N4O7S/c1-16(2,3)29-15(26)21-6-5-20-11(12(21)13(23)24)7-22(14(20)25)18-8-17(9-18,10-18)19-30(4,27)28/h11-12,19H,5-10H2,1-4H3,(H,23,24). The number of nitrogens with zero attached hydrogens (tertiary/aromatic N) is 3. The second kappa shape index (κ2) is 6.22. The third kappa shape index (κ3) is 3.29. The predicted molar refractivity (Wildman–Crippen MR) is 104 cm³/mol. The van der Waals surface area contributed by atoms with Crippen LogP contribution in [-0.2, 0) is 19.6 Å². The van der Waals surface area contributed by atoms with Gasteiger partial charge in [0, 0.05) is 25.2 Å². The van der Waals surface area contributed by atoms with Gasteiger partial charge in [0.05, 0.1) is 17.8 Å². The highest BCUT2D eigenvalue weighted by atomic mass is 32.2. The van der Waals surface area contributed by atoms with Crippen molar-refractivity contribution in [1.29, 1.82) is 0 Å². The van der Waals surface area contributed by atoms with Gasteiger partial charge in [-0.25, -0.2) is 27.5 Å². The molecule has 2 bridgehead atoms. The molecule has 3 aliphatic carbocycles. The van der Waals surface area contributed by atoms with Gasteiger partial charge in [-0.2, -0.15) is 0 Å². The highest BCUT2D eigenvalue weighted by molar-refractivity contribution is 7.88. The molecule has 2 unspecified atom stereocenters. The number of nitrogens with one attached hydrogen (secondary N) is 1. The maximum Gasteiger partial charge on any atom is 0.411 e. The van der Waals surface area contributed by atoms with Crippen molar-refractivity contribution in [3.63, 3.8) is 0 Å². The Morgan fingerprint density at radius 2 is 1.80 bits per heavy atom. The Balaban J connectivity index is 1.50. The van der Waals surface area contributed by atoms with Gasteiger partial charge in [0.1, 0.15) is 5.60 Å². The molecule has 2 heterocycles. The largest absolute Gasteiger partial charge is 0.480 e. The van der Waals surface area contributed by atoms with Crippen LogP contribution >= 0.6 is 0 Å². The number of urea groups is 1. The van der Waals surface area contributed by atoms with Gasteiger partial charge in [-0.3, -0.25) is 4.90 Å². The van der Waals surface area contributed by atoms with Crippen molar-refractivity contribution in [2.45, 2.75) is 68.8 Å². The fraction of sp³-hybridized carbons (Fsp3) is 0.833. The van der Waals surface area contributed by atoms with E-state index in [1.165, 1.54) is 9.80 Å². The molecule has 11 nitrogen and oxygen atoms in total. The second-order valence-electron chi connectivity index (χ2n) is 10.0. The lowest BCUT2D eigenvalue weighted by molar-refractivity contribution is -0.150. The minimum atomic E-state index is -3.34. The number of sulfonamides is 1. The van der Waals surface area contributed by atoms with Crippen molar-refractivity contribution in [3.05, 3.63) is 0 Å². The number of amides is 3. The summed E-state index contributed by atoms with van der Waals surface area (Å²) in [5.41, 5.74) is -1.70. The van der Waals surface area contributed by atoms with Crippen LogP contribution in [0.2, 0.25) is 0 Å². The predicted octanol–water partition coefficient (Wildman–Crippen LogP) is 0.0208. The number of carbonyl (C=O) groups is 3. The maximum absolute atomic E-state index is 13.1. The van der Waals surface area contributed by atoms with E-state index in [0.29, 0.717) is 19.3 Å². The number of aliphatic carboxylic acids is 1. The van der Waals surface area contributed by atoms with E-state index in [1.807, 2.05) is 0 Å². The molecule has 5 rings (SSSR count). The first kappa shape index (κ1) is 21.2. The van der Waals surface area contributed by atoms with Crippen LogP contribution in [0.3, 0.4) is 0 Å². The smallest absolute Gasteiger partial charge is 0.411 e. The normalized spacial score (nSPS) is 35.5. The number of carboxylic acids is 1. The molecular formula is C18H28N4O7S. The van der Waals surface area contributed by atoms with Crippen LogP contribution in [0.4, 0.5) is 9.59 Å². The van der Waals surface area contributed by atoms with Crippen LogP contribution in [0.15, 0.2) is 0 Å². The van der Waals surface area contributed by atoms with Gasteiger partial charge in [0.25, 0.3) is 0 Å². The molecule has 2 saturated heterocycles. The van der Waals surface area contributed by atoms with E-state index in [2.05, 4.69) is 4.72 Å². The Bertz CT molecular complexity index is 892. The lowest BCUT2D eigenvalue weighted by Gasteiger charge is -2.72. The van der Waals surface area contributed by atoms with Gasteiger partial charge in [-0.15, -0.1) is 0 Å². The fourth-order valence-corrected chi connectivity index (χ4v) is 6.50. The highest BCUT2D eigenvalue weighted by Crippen LogP contribution is 2.64. The molecule has 5 fully saturated rings. The Hall–Kier alpha value is -2.08. The zero-order valence-electron chi connectivity index (χ0n) is 17.5. The maximum atomic E-state index is 13.1. The molecule has 3 saturated carbocycles. The van der Waals surface area contributed by atoms with Gasteiger partial charge in [-0.05, 0) is 40.0 Å². The number of carbonyl (C=O) groups excluding carboxylic acids is 2. The van der Waals surface area contributed by atoms with Crippen molar-refractivity contribution >= 4 is 28.1 Å². The van der Waals surface area contributed by atoms with Crippen LogP contribution < -0.4 is 4.72 Å². The van der Waals surface area contributed by atoms with Crippen molar-refractivity contribution in [1.82, 2.24) is 19.4 Å². The third-order valence-corrected chi connectivity index (χ3v) is 7.19. The first-order chi connectivity index (χ1) is 13.7. The van der Waals surface area contributed by atoms with E-state index in [1.54, 1.807) is 25.7 Å². The summed E-state index contributed by atoms with van der Waals surface area (Å²) in [5, 5.41) is 9.85. The second-order valence-corrected chi connectivity index (χ2v) is 11.8. The molecule has 168 valence electrons. The topological polar surface area (TPSA) is 137 Å². The molecule has 5 aliphatic rings. The SMILES string of the molecule is CC(C)(C)OC(=O)N1CCN2C(=O)N(C34CC(NS(C)(=O)=O)(C3)C4)CC2C1C(=O)O. The molecule has 2 atom stereocenters. The van der Waals surface area contributed by atoms with Gasteiger partial charge in [-0.1, -0.05) is 0 Å². The van der Waals surface area contributed by atoms with E-state index >= 15 is 0 Å². The Morgan fingerprint density at radius 3 is 2.30 bits per heavy atom. The number of ether oxygens (including phenoxy) is 1. The molecule has 0 aromatic rings. The molecule has 2 aliphatic heterocycles. The number of carboxylic acid groups (broad SMARTS) is 1. The number of hydrogen-bond donors (Lipinski definition) is 2. The zero-order chi connectivity index (χ0) is 22.3. The quantitative estimate of drug-likeness (QED) is 0.624. The Kier molecular flexibility index (Phi) is 4.39. The van der Waals surface area contributed by atoms with E-state index in [4.69, 9.17) is 4.74 Å². The summed E-state index contributed by atoms with van der Waals surface area (Å²) in [6, 6.07) is -2.12. The minimum Gasteiger partial charge on any atom is -0.480 e. The van der Waals surface area contributed by atoms with Crippen molar-refractivity contribution in [2.24, 2.45) is 0 Å². The first-order valence-corrected chi connectivity index (χ1v) is 11.8. The number of rotatable bonds is 4. The van der Waals surface area contributed by atoms with Gasteiger partial charge < -0.3 is 19.6 Å². The average molecular weight is 445 g/mol. The lowest BCUT2D eigenvalue weighted by Crippen LogP contribution is -2.83. The van der Waals surface area contributed by atoms with Gasteiger partial charge in [0.15, 0.2) is 6.04 Å². The molecule has 2 N–H and O–H groups in total. The summed E-state index contributed by atoms with van der Waals surface area (Å²) in [7, 11) is -3.34. The van der Waals surface area contributed by atoms with Crippen molar-refractivity contribution < 1.29 is 32.6 Å². The third-order valence-electron chi connectivity index (χ3n) is 6.39. The van der Waals surface area contributed by atoms with Crippen LogP contribution in [0, 0.1) is 0 Å². The number of hydrogen-bond acceptors (Lipinski definition) is 6. The highest BCUT2D eigenvalue weighted by Gasteiger charge is 2.74. The number of fused-ring (bicyclic) bond motifs is 1. The summed E-state index contributed by atoms with van der Waals surface area (Å²) in [6.07, 6.45) is 1.97. The molecular weight excluding hydrogens is 416 g/mol. The fourth-order valence-electron chi connectivity index (χ4n) is 5.50. The van der Waals surface area contributed by atoms with E-state index < -0.39 is 50.8 Å². The van der Waals surface area contributed by atoms with Crippen LogP contribution in [0.5, 0.6) is 0 Å². The summed E-state index contributed by atoms with van der Waals surface area (Å²) in [4.78, 5) is 42.1. The summed E-state index contributed by atoms with van der Waals surface area (Å²) < 4.78 is 31.1. The van der Waals surface area contributed by atoms with Crippen molar-refractivity contribution in [2.75, 3.05) is 25.9 Å². The molecule has 0 radical (unpaired) electrons. The van der Waals surface area contributed by atoms with Crippen LogP contribution in [-0.4, -0.2) is 101 Å². The molecule has 0 aromatic heterocycles. The first-order valence-electron chi connectivity index (χ1n) is 9.95. The van der Waals surface area contributed by atoms with E-state index in [9.17, 15) is 27.9 Å². The minimum absolute atomic E-state index is 0.0779. The Morgan fingerprint density at radius 1 is 1.20 bits per heavy atom. The van der Waals surface area contributed by atoms with Gasteiger partial charge in [0.2, 0.25) is 10.0 Å². The summed E-state index contributed by atoms with van der Waals surface area (Å²) in [6.45, 7) is 5.62. The van der Waals surface area contributed by atoms with Crippen molar-refractivity contribution in [3.8, 4) is 0 Å². The summed E-state index contributed by atoms with van der Waals surface area (Å²) in [5.74, 6) is -1.18. The average Bonchev–Trinajstić information content (AvgIpc) is 2.82. The van der Waals surface area contributed by atoms with E-state index in [0.717, 1.165) is 6.26 Å². The zero-order valence-corrected chi connectivity index (χ0v) is 18.4. The monoisotopic (exact) mass is 444 g/mol. The molecule has 3 amide bonds. The van der Waals surface area contributed by atoms with Gasteiger partial charge >= 0.3 is 18.1 Å². The number of piperazine rings is 1. The lowest BCUT2D eigenvalue weighted by atomic mass is 9.44. The summed E-state index contributed by atoms with van der Waals surface area (Å²) >= 11 is 0. The molecule has 12 heteroatoms. The van der Waals surface area contributed by atoms with Crippen LogP contribution in [0.1, 0.15) is 40.0 Å². The Labute approximate surface area is 175 Å². The van der Waals surface area contributed by atoms with Crippen LogP contribution in [0.25, 0.3) is 0 Å². The molecule has 0 spiro atoms. The molecule has 0 aromatic carbocycles. The molecule has 30 heavy (non-hydrogen) atoms. The van der Waals surface area contributed by atoms with E-state index in [-0.39, 0.29) is 25.7 Å².